The smallest absolute Gasteiger partial charge is 0.216 e. The fraction of sp³-hybridized carbons (Fsp3) is 0.0857. The van der Waals surface area contributed by atoms with Gasteiger partial charge < -0.3 is 4.42 Å². The van der Waals surface area contributed by atoms with Crippen LogP contribution < -0.4 is 4.57 Å². The summed E-state index contributed by atoms with van der Waals surface area (Å²) in [6.07, 6.45) is 2.06. The molecule has 180 valence electrons. The Labute approximate surface area is 220 Å². The molecular weight excluding hydrogens is 464 g/mol. The summed E-state index contributed by atoms with van der Waals surface area (Å²) in [6.45, 7) is 4.15. The van der Waals surface area contributed by atoms with Crippen LogP contribution in [0.2, 0.25) is 0 Å². The predicted molar refractivity (Wildman–Crippen MR) is 155 cm³/mol. The lowest BCUT2D eigenvalue weighted by Gasteiger charge is -2.14. The molecular formula is C35H25N2O+. The predicted octanol–water partition coefficient (Wildman–Crippen LogP) is 8.54. The van der Waals surface area contributed by atoms with E-state index in [0.717, 1.165) is 66.2 Å². The Bertz CT molecular complexity index is 2130. The molecule has 0 amide bonds. The largest absolute Gasteiger partial charge is 0.454 e. The first-order chi connectivity index (χ1) is 18.6. The Kier molecular flexibility index (Phi) is 4.86. The monoisotopic (exact) mass is 489 g/mol. The molecule has 0 saturated heterocycles. The van der Waals surface area contributed by atoms with Crippen LogP contribution in [-0.2, 0) is 7.05 Å². The molecule has 3 nitrogen and oxygen atoms in total. The van der Waals surface area contributed by atoms with Gasteiger partial charge in [-0.15, -0.1) is 0 Å². The van der Waals surface area contributed by atoms with Gasteiger partial charge in [0.2, 0.25) is 5.69 Å². The van der Waals surface area contributed by atoms with Crippen molar-refractivity contribution >= 4 is 43.5 Å². The highest BCUT2D eigenvalue weighted by molar-refractivity contribution is 6.19. The minimum Gasteiger partial charge on any atom is -0.454 e. The van der Waals surface area contributed by atoms with E-state index in [9.17, 15) is 5.26 Å². The zero-order valence-electron chi connectivity index (χ0n) is 21.5. The quantitative estimate of drug-likeness (QED) is 0.180. The number of hydrogen-bond donors (Lipinski definition) is 0. The van der Waals surface area contributed by atoms with Gasteiger partial charge in [-0.25, -0.2) is 4.57 Å². The molecule has 0 atom stereocenters. The van der Waals surface area contributed by atoms with E-state index in [0.29, 0.717) is 5.56 Å². The molecule has 2 aromatic heterocycles. The van der Waals surface area contributed by atoms with E-state index in [1.54, 1.807) is 0 Å². The zero-order chi connectivity index (χ0) is 26.0. The first-order valence-corrected chi connectivity index (χ1v) is 12.8. The second-order valence-corrected chi connectivity index (χ2v) is 10.1. The maximum atomic E-state index is 10.4. The van der Waals surface area contributed by atoms with Gasteiger partial charge in [0, 0.05) is 28.5 Å². The Balaban J connectivity index is 1.68. The van der Waals surface area contributed by atoms with E-state index in [4.69, 9.17) is 4.42 Å². The van der Waals surface area contributed by atoms with Gasteiger partial charge in [0.1, 0.15) is 24.3 Å². The van der Waals surface area contributed by atoms with Gasteiger partial charge in [-0.3, -0.25) is 0 Å². The summed E-state index contributed by atoms with van der Waals surface area (Å²) in [6, 6.07) is 34.2. The third-order valence-electron chi connectivity index (χ3n) is 7.80. The normalized spacial score (nSPS) is 11.5. The van der Waals surface area contributed by atoms with Crippen molar-refractivity contribution in [1.29, 1.82) is 5.26 Å². The summed E-state index contributed by atoms with van der Waals surface area (Å²) in [5.41, 5.74) is 8.40. The molecule has 5 aromatic carbocycles. The summed E-state index contributed by atoms with van der Waals surface area (Å²) in [5, 5.41) is 17.1. The maximum Gasteiger partial charge on any atom is 0.216 e. The van der Waals surface area contributed by atoms with Crippen molar-refractivity contribution in [2.45, 2.75) is 13.8 Å². The Morgan fingerprint density at radius 1 is 0.658 bits per heavy atom. The second kappa shape index (κ2) is 8.30. The lowest BCUT2D eigenvalue weighted by atomic mass is 9.88. The van der Waals surface area contributed by atoms with Crippen LogP contribution in [0.25, 0.3) is 65.9 Å². The summed E-state index contributed by atoms with van der Waals surface area (Å²) in [5.74, 6) is 0. The van der Waals surface area contributed by atoms with Crippen molar-refractivity contribution in [3.8, 4) is 28.5 Å². The number of rotatable bonds is 2. The standard InChI is InChI=1S/C35H25N2O/c1-21-15-16-27-29-18-22(2)30(20-36)33(35(29)38-34(27)32(21)31-14-8-9-17-37(31)3)28-19-23-10-4-5-11-24(23)25-12-6-7-13-26(25)28/h4-19H,1-3H3/q+1. The van der Waals surface area contributed by atoms with Crippen LogP contribution >= 0.6 is 0 Å². The van der Waals surface area contributed by atoms with E-state index in [1.807, 2.05) is 13.0 Å². The van der Waals surface area contributed by atoms with Gasteiger partial charge in [-0.1, -0.05) is 60.7 Å². The van der Waals surface area contributed by atoms with Gasteiger partial charge in [-0.2, -0.15) is 5.26 Å². The number of benzene rings is 5. The first-order valence-electron chi connectivity index (χ1n) is 12.8. The summed E-state index contributed by atoms with van der Waals surface area (Å²) in [7, 11) is 2.06. The zero-order valence-corrected chi connectivity index (χ0v) is 21.5. The fourth-order valence-corrected chi connectivity index (χ4v) is 5.97. The van der Waals surface area contributed by atoms with Crippen LogP contribution in [0.3, 0.4) is 0 Å². The lowest BCUT2D eigenvalue weighted by Crippen LogP contribution is -2.30. The average Bonchev–Trinajstić information content (AvgIpc) is 3.30. The molecule has 38 heavy (non-hydrogen) atoms. The summed E-state index contributed by atoms with van der Waals surface area (Å²) >= 11 is 0. The minimum atomic E-state index is 0.653. The number of pyridine rings is 1. The fourth-order valence-electron chi connectivity index (χ4n) is 5.97. The SMILES string of the molecule is Cc1cc2c(oc3c(-c4cccc[n+]4C)c(C)ccc32)c(-c2cc3ccccc3c3ccccc23)c1C#N. The number of nitriles is 1. The molecule has 2 heterocycles. The molecule has 0 saturated carbocycles. The van der Waals surface area contributed by atoms with Crippen LogP contribution in [0.15, 0.2) is 102 Å². The van der Waals surface area contributed by atoms with Crippen molar-refractivity contribution in [2.24, 2.45) is 7.05 Å². The maximum absolute atomic E-state index is 10.4. The molecule has 0 aliphatic rings. The van der Waals surface area contributed by atoms with Crippen molar-refractivity contribution in [3.63, 3.8) is 0 Å². The van der Waals surface area contributed by atoms with E-state index >= 15 is 0 Å². The van der Waals surface area contributed by atoms with Crippen molar-refractivity contribution in [2.75, 3.05) is 0 Å². The number of aromatic nitrogens is 1. The van der Waals surface area contributed by atoms with Gasteiger partial charge in [-0.05, 0) is 70.3 Å². The highest BCUT2D eigenvalue weighted by atomic mass is 16.3. The van der Waals surface area contributed by atoms with Crippen molar-refractivity contribution in [3.05, 3.63) is 114 Å². The molecule has 0 N–H and O–H groups in total. The minimum absolute atomic E-state index is 0.653. The van der Waals surface area contributed by atoms with Crippen LogP contribution in [0.1, 0.15) is 16.7 Å². The van der Waals surface area contributed by atoms with Gasteiger partial charge in [0.15, 0.2) is 6.20 Å². The third kappa shape index (κ3) is 3.11. The third-order valence-corrected chi connectivity index (χ3v) is 7.80. The lowest BCUT2D eigenvalue weighted by molar-refractivity contribution is -0.660. The highest BCUT2D eigenvalue weighted by Gasteiger charge is 2.25. The van der Waals surface area contributed by atoms with Gasteiger partial charge in [0.05, 0.1) is 11.1 Å². The van der Waals surface area contributed by atoms with Crippen LogP contribution in [0.4, 0.5) is 0 Å². The molecule has 7 aromatic rings. The van der Waals surface area contributed by atoms with Gasteiger partial charge in [0.25, 0.3) is 0 Å². The molecule has 0 spiro atoms. The van der Waals surface area contributed by atoms with Crippen molar-refractivity contribution in [1.82, 2.24) is 0 Å². The van der Waals surface area contributed by atoms with Gasteiger partial charge >= 0.3 is 0 Å². The van der Waals surface area contributed by atoms with Crippen LogP contribution in [0.5, 0.6) is 0 Å². The molecule has 0 aliphatic carbocycles. The molecule has 3 heteroatoms. The number of furan rings is 1. The molecule has 0 aliphatic heterocycles. The Morgan fingerprint density at radius 3 is 2.16 bits per heavy atom. The molecule has 0 fully saturated rings. The van der Waals surface area contributed by atoms with E-state index < -0.39 is 0 Å². The number of fused-ring (bicyclic) bond motifs is 6. The molecule has 0 bridgehead atoms. The van der Waals surface area contributed by atoms with Crippen LogP contribution in [-0.4, -0.2) is 0 Å². The number of nitrogens with zero attached hydrogens (tertiary/aromatic N) is 2. The summed E-state index contributed by atoms with van der Waals surface area (Å²) in [4.78, 5) is 0. The molecule has 0 radical (unpaired) electrons. The van der Waals surface area contributed by atoms with Crippen molar-refractivity contribution < 1.29 is 8.98 Å². The first kappa shape index (κ1) is 22.3. The van der Waals surface area contributed by atoms with Crippen LogP contribution in [0, 0.1) is 25.2 Å². The topological polar surface area (TPSA) is 40.8 Å². The Hall–Kier alpha value is -4.94. The number of aryl methyl sites for hydroxylation is 3. The highest BCUT2D eigenvalue weighted by Crippen LogP contribution is 2.45. The molecule has 7 rings (SSSR count). The second-order valence-electron chi connectivity index (χ2n) is 10.1. The van der Waals surface area contributed by atoms with E-state index in [2.05, 4.69) is 116 Å². The average molecular weight is 490 g/mol. The Morgan fingerprint density at radius 2 is 1.37 bits per heavy atom. The molecule has 0 unspecified atom stereocenters. The van der Waals surface area contributed by atoms with E-state index in [-0.39, 0.29) is 0 Å². The number of hydrogen-bond acceptors (Lipinski definition) is 2. The van der Waals surface area contributed by atoms with E-state index in [1.165, 1.54) is 10.8 Å². The summed E-state index contributed by atoms with van der Waals surface area (Å²) < 4.78 is 8.98.